The minimum Gasteiger partial charge on any atom is -0.267 e. The van der Waals surface area contributed by atoms with Gasteiger partial charge in [-0.1, -0.05) is 78.3 Å². The maximum absolute atomic E-state index is 12.1. The zero-order valence-corrected chi connectivity index (χ0v) is 14.5. The van der Waals surface area contributed by atoms with Crippen molar-refractivity contribution in [2.45, 2.75) is 6.92 Å². The minimum atomic E-state index is -0.328. The quantitative estimate of drug-likeness (QED) is 0.513. The van der Waals surface area contributed by atoms with Gasteiger partial charge in [0.25, 0.3) is 5.91 Å². The lowest BCUT2D eigenvalue weighted by Crippen LogP contribution is -2.19. The molecule has 0 aliphatic heterocycles. The Bertz CT molecular complexity index is 903. The van der Waals surface area contributed by atoms with Gasteiger partial charge in [-0.25, -0.2) is 5.43 Å². The average Bonchev–Trinajstić information content (AvgIpc) is 2.67. The lowest BCUT2D eigenvalue weighted by molar-refractivity contribution is 0.0955. The first kappa shape index (κ1) is 16.9. The van der Waals surface area contributed by atoms with E-state index in [-0.39, 0.29) is 5.91 Å². The van der Waals surface area contributed by atoms with Gasteiger partial charge >= 0.3 is 0 Å². The van der Waals surface area contributed by atoms with E-state index in [0.717, 1.165) is 22.4 Å². The van der Waals surface area contributed by atoms with Crippen molar-refractivity contribution < 1.29 is 4.79 Å². The normalized spacial score (nSPS) is 11.2. The number of rotatable bonds is 4. The Morgan fingerprint density at radius 2 is 1.44 bits per heavy atom. The summed E-state index contributed by atoms with van der Waals surface area (Å²) in [5.41, 5.74) is 6.92. The van der Waals surface area contributed by atoms with Gasteiger partial charge in [0.1, 0.15) is 0 Å². The molecule has 1 amide bonds. The number of carbonyl (C=O) groups is 1. The molecule has 0 aliphatic carbocycles. The highest BCUT2D eigenvalue weighted by atomic mass is 35.5. The fourth-order valence-corrected chi connectivity index (χ4v) is 2.66. The molecule has 0 aliphatic rings. The van der Waals surface area contributed by atoms with Crippen molar-refractivity contribution in [3.8, 4) is 11.1 Å². The summed E-state index contributed by atoms with van der Waals surface area (Å²) in [4.78, 5) is 12.1. The number of amides is 1. The first-order valence-electron chi connectivity index (χ1n) is 7.90. The zero-order valence-electron chi connectivity index (χ0n) is 13.7. The standard InChI is InChI=1S/C21H17ClN2O/c1-15(23-24-21(25)19-9-5-6-10-20(19)22)16-11-13-18(14-12-16)17-7-3-2-4-8-17/h2-14H,1H3,(H,24,25)/b23-15-. The van der Waals surface area contributed by atoms with Crippen LogP contribution in [-0.4, -0.2) is 11.6 Å². The predicted octanol–water partition coefficient (Wildman–Crippen LogP) is 5.16. The molecule has 3 rings (SSSR count). The molecular formula is C21H17ClN2O. The van der Waals surface area contributed by atoms with Crippen LogP contribution in [0.15, 0.2) is 84.0 Å². The maximum Gasteiger partial charge on any atom is 0.272 e. The lowest BCUT2D eigenvalue weighted by Gasteiger charge is -2.06. The van der Waals surface area contributed by atoms with Crippen LogP contribution in [0.4, 0.5) is 0 Å². The molecule has 0 bridgehead atoms. The van der Waals surface area contributed by atoms with Gasteiger partial charge in [0, 0.05) is 0 Å². The first-order valence-corrected chi connectivity index (χ1v) is 8.28. The third-order valence-electron chi connectivity index (χ3n) is 3.85. The molecule has 1 N–H and O–H groups in total. The molecule has 0 aromatic heterocycles. The van der Waals surface area contributed by atoms with Crippen molar-refractivity contribution in [1.29, 1.82) is 0 Å². The van der Waals surface area contributed by atoms with Crippen LogP contribution in [0.5, 0.6) is 0 Å². The zero-order chi connectivity index (χ0) is 17.6. The van der Waals surface area contributed by atoms with Crippen molar-refractivity contribution in [3.63, 3.8) is 0 Å². The van der Waals surface area contributed by atoms with Gasteiger partial charge in [0.2, 0.25) is 0 Å². The van der Waals surface area contributed by atoms with Crippen LogP contribution >= 0.6 is 11.6 Å². The van der Waals surface area contributed by atoms with Crippen molar-refractivity contribution in [2.24, 2.45) is 5.10 Å². The van der Waals surface area contributed by atoms with Crippen LogP contribution in [0.25, 0.3) is 11.1 Å². The molecule has 0 unspecified atom stereocenters. The highest BCUT2D eigenvalue weighted by Gasteiger charge is 2.08. The monoisotopic (exact) mass is 348 g/mol. The predicted molar refractivity (Wildman–Crippen MR) is 103 cm³/mol. The number of hydrazone groups is 1. The number of benzene rings is 3. The summed E-state index contributed by atoms with van der Waals surface area (Å²) in [6.45, 7) is 1.85. The van der Waals surface area contributed by atoms with Crippen molar-refractivity contribution in [1.82, 2.24) is 5.43 Å². The number of halogens is 1. The molecule has 0 saturated heterocycles. The molecule has 0 heterocycles. The summed E-state index contributed by atoms with van der Waals surface area (Å²) < 4.78 is 0. The molecule has 3 nitrogen and oxygen atoms in total. The number of carbonyl (C=O) groups excluding carboxylic acids is 1. The Hall–Kier alpha value is -2.91. The van der Waals surface area contributed by atoms with E-state index in [0.29, 0.717) is 10.6 Å². The molecule has 3 aromatic rings. The second-order valence-corrected chi connectivity index (χ2v) is 5.97. The molecule has 124 valence electrons. The Balaban J connectivity index is 1.72. The average molecular weight is 349 g/mol. The number of nitrogens with zero attached hydrogens (tertiary/aromatic N) is 1. The summed E-state index contributed by atoms with van der Waals surface area (Å²) in [6.07, 6.45) is 0. The number of nitrogens with one attached hydrogen (secondary N) is 1. The van der Waals surface area contributed by atoms with E-state index < -0.39 is 0 Å². The van der Waals surface area contributed by atoms with Gasteiger partial charge in [0.05, 0.1) is 16.3 Å². The van der Waals surface area contributed by atoms with Crippen LogP contribution in [0.3, 0.4) is 0 Å². The Morgan fingerprint density at radius 3 is 2.12 bits per heavy atom. The summed E-state index contributed by atoms with van der Waals surface area (Å²) in [6, 6.07) is 25.1. The van der Waals surface area contributed by atoms with Crippen LogP contribution in [0.2, 0.25) is 5.02 Å². The summed E-state index contributed by atoms with van der Waals surface area (Å²) >= 11 is 6.02. The second kappa shape index (κ2) is 7.77. The van der Waals surface area contributed by atoms with Gasteiger partial charge in [-0.3, -0.25) is 4.79 Å². The van der Waals surface area contributed by atoms with E-state index in [4.69, 9.17) is 11.6 Å². The number of hydrogen-bond donors (Lipinski definition) is 1. The van der Waals surface area contributed by atoms with Crippen LogP contribution in [-0.2, 0) is 0 Å². The maximum atomic E-state index is 12.1. The van der Waals surface area contributed by atoms with E-state index >= 15 is 0 Å². The number of hydrogen-bond acceptors (Lipinski definition) is 2. The largest absolute Gasteiger partial charge is 0.272 e. The summed E-state index contributed by atoms with van der Waals surface area (Å²) in [5.74, 6) is -0.328. The van der Waals surface area contributed by atoms with Crippen molar-refractivity contribution in [2.75, 3.05) is 0 Å². The molecule has 25 heavy (non-hydrogen) atoms. The molecule has 0 saturated carbocycles. The van der Waals surface area contributed by atoms with E-state index in [1.165, 1.54) is 0 Å². The van der Waals surface area contributed by atoms with Gasteiger partial charge in [-0.2, -0.15) is 5.10 Å². The third-order valence-corrected chi connectivity index (χ3v) is 4.18. The van der Waals surface area contributed by atoms with E-state index in [9.17, 15) is 4.79 Å². The van der Waals surface area contributed by atoms with Crippen LogP contribution in [0.1, 0.15) is 22.8 Å². The minimum absolute atomic E-state index is 0.328. The van der Waals surface area contributed by atoms with E-state index in [1.54, 1.807) is 24.3 Å². The second-order valence-electron chi connectivity index (χ2n) is 5.56. The molecule has 0 atom stereocenters. The van der Waals surface area contributed by atoms with Crippen LogP contribution < -0.4 is 5.43 Å². The molecular weight excluding hydrogens is 332 g/mol. The highest BCUT2D eigenvalue weighted by Crippen LogP contribution is 2.19. The SMILES string of the molecule is C/C(=N/NC(=O)c1ccccc1Cl)c1ccc(-c2ccccc2)cc1. The molecule has 0 radical (unpaired) electrons. The Labute approximate surface area is 152 Å². The molecule has 4 heteroatoms. The smallest absolute Gasteiger partial charge is 0.267 e. The molecule has 3 aromatic carbocycles. The summed E-state index contributed by atoms with van der Waals surface area (Å²) in [5, 5.41) is 4.58. The van der Waals surface area contributed by atoms with E-state index in [1.807, 2.05) is 49.4 Å². The molecule has 0 spiro atoms. The Morgan fingerprint density at radius 1 is 0.840 bits per heavy atom. The van der Waals surface area contributed by atoms with Gasteiger partial charge in [-0.15, -0.1) is 0 Å². The van der Waals surface area contributed by atoms with Gasteiger partial charge in [-0.05, 0) is 35.7 Å². The fraction of sp³-hybridized carbons (Fsp3) is 0.0476. The topological polar surface area (TPSA) is 41.5 Å². The summed E-state index contributed by atoms with van der Waals surface area (Å²) in [7, 11) is 0. The lowest BCUT2D eigenvalue weighted by atomic mass is 10.0. The van der Waals surface area contributed by atoms with Gasteiger partial charge in [0.15, 0.2) is 0 Å². The highest BCUT2D eigenvalue weighted by molar-refractivity contribution is 6.33. The molecule has 0 fully saturated rings. The first-order chi connectivity index (χ1) is 12.1. The van der Waals surface area contributed by atoms with Crippen molar-refractivity contribution in [3.05, 3.63) is 95.0 Å². The Kier molecular flexibility index (Phi) is 5.26. The van der Waals surface area contributed by atoms with Gasteiger partial charge < -0.3 is 0 Å². The van der Waals surface area contributed by atoms with Crippen LogP contribution in [0, 0.1) is 0 Å². The van der Waals surface area contributed by atoms with Crippen molar-refractivity contribution >= 4 is 23.2 Å². The fourth-order valence-electron chi connectivity index (χ4n) is 2.44. The van der Waals surface area contributed by atoms with E-state index in [2.05, 4.69) is 22.7 Å². The third kappa shape index (κ3) is 4.14.